The van der Waals surface area contributed by atoms with Gasteiger partial charge in [0.05, 0.1) is 18.8 Å². The lowest BCUT2D eigenvalue weighted by atomic mass is 10.1. The zero-order valence-corrected chi connectivity index (χ0v) is 17.0. The van der Waals surface area contributed by atoms with Crippen LogP contribution in [0, 0.1) is 0 Å². The fourth-order valence-corrected chi connectivity index (χ4v) is 3.68. The number of ether oxygens (including phenoxy) is 1. The van der Waals surface area contributed by atoms with Crippen LogP contribution >= 0.6 is 11.3 Å². The number of aromatic nitrogens is 1. The van der Waals surface area contributed by atoms with Gasteiger partial charge in [-0.3, -0.25) is 9.59 Å². The fourth-order valence-electron chi connectivity index (χ4n) is 2.34. The van der Waals surface area contributed by atoms with Crippen molar-refractivity contribution in [2.75, 3.05) is 7.11 Å². The SMILES string of the molecule is CCc1csc([C@H](Cc2ccc(OS(N)(=O)=O)cc2)NC(=O)CC(=O)OC)n1. The Labute approximate surface area is 167 Å². The van der Waals surface area contributed by atoms with Gasteiger partial charge in [-0.1, -0.05) is 19.1 Å². The Morgan fingerprint density at radius 1 is 1.29 bits per heavy atom. The summed E-state index contributed by atoms with van der Waals surface area (Å²) >= 11 is 1.42. The van der Waals surface area contributed by atoms with Crippen LogP contribution in [0.4, 0.5) is 0 Å². The molecule has 1 heterocycles. The number of thiazole rings is 1. The normalized spacial score (nSPS) is 12.2. The Kier molecular flexibility index (Phi) is 7.49. The summed E-state index contributed by atoms with van der Waals surface area (Å²) in [5, 5.41) is 10.3. The van der Waals surface area contributed by atoms with Crippen LogP contribution in [0.25, 0.3) is 0 Å². The van der Waals surface area contributed by atoms with E-state index in [9.17, 15) is 18.0 Å². The van der Waals surface area contributed by atoms with Gasteiger partial charge in [0.15, 0.2) is 0 Å². The molecular formula is C17H21N3O6S2. The van der Waals surface area contributed by atoms with Gasteiger partial charge in [0.2, 0.25) is 5.91 Å². The summed E-state index contributed by atoms with van der Waals surface area (Å²) in [5.41, 5.74) is 1.71. The number of nitrogens with one attached hydrogen (secondary N) is 1. The van der Waals surface area contributed by atoms with Gasteiger partial charge in [-0.15, -0.1) is 11.3 Å². The number of hydrogen-bond donors (Lipinski definition) is 2. The molecule has 1 aromatic heterocycles. The molecular weight excluding hydrogens is 406 g/mol. The van der Waals surface area contributed by atoms with E-state index in [-0.39, 0.29) is 12.2 Å². The van der Waals surface area contributed by atoms with Crippen LogP contribution in [-0.2, 0) is 37.5 Å². The highest BCUT2D eigenvalue weighted by atomic mass is 32.2. The highest BCUT2D eigenvalue weighted by Gasteiger charge is 2.20. The molecule has 1 atom stereocenters. The third-order valence-corrected chi connectivity index (χ3v) is 5.11. The van der Waals surface area contributed by atoms with Crippen molar-refractivity contribution >= 4 is 33.5 Å². The smallest absolute Gasteiger partial charge is 0.380 e. The molecule has 0 fully saturated rings. The second-order valence-electron chi connectivity index (χ2n) is 5.83. The Hall–Kier alpha value is -2.50. The van der Waals surface area contributed by atoms with Gasteiger partial charge >= 0.3 is 16.3 Å². The number of amides is 1. The number of hydrogen-bond acceptors (Lipinski definition) is 8. The predicted octanol–water partition coefficient (Wildman–Crippen LogP) is 1.25. The van der Waals surface area contributed by atoms with Crippen molar-refractivity contribution in [3.8, 4) is 5.75 Å². The lowest BCUT2D eigenvalue weighted by Gasteiger charge is -2.17. The van der Waals surface area contributed by atoms with E-state index < -0.39 is 28.2 Å². The Morgan fingerprint density at radius 2 is 1.96 bits per heavy atom. The molecule has 1 amide bonds. The van der Waals surface area contributed by atoms with Crippen LogP contribution in [0.1, 0.15) is 35.7 Å². The van der Waals surface area contributed by atoms with E-state index in [4.69, 9.17) is 5.14 Å². The van der Waals surface area contributed by atoms with Gasteiger partial charge in [-0.25, -0.2) is 4.98 Å². The first-order valence-electron chi connectivity index (χ1n) is 8.31. The molecule has 152 valence electrons. The van der Waals surface area contributed by atoms with Crippen molar-refractivity contribution in [2.45, 2.75) is 32.2 Å². The fraction of sp³-hybridized carbons (Fsp3) is 0.353. The first-order chi connectivity index (χ1) is 13.2. The molecule has 9 nitrogen and oxygen atoms in total. The zero-order valence-electron chi connectivity index (χ0n) is 15.4. The van der Waals surface area contributed by atoms with Gasteiger partial charge in [-0.05, 0) is 30.5 Å². The van der Waals surface area contributed by atoms with Gasteiger partial charge in [0.1, 0.15) is 17.2 Å². The highest BCUT2D eigenvalue weighted by Crippen LogP contribution is 2.24. The molecule has 0 bridgehead atoms. The minimum absolute atomic E-state index is 0.0834. The number of nitrogens with zero attached hydrogens (tertiary/aromatic N) is 1. The first-order valence-corrected chi connectivity index (χ1v) is 10.7. The van der Waals surface area contributed by atoms with E-state index in [1.54, 1.807) is 12.1 Å². The van der Waals surface area contributed by atoms with Crippen LogP contribution in [0.15, 0.2) is 29.6 Å². The van der Waals surface area contributed by atoms with Crippen molar-refractivity contribution in [1.82, 2.24) is 10.3 Å². The molecule has 0 aliphatic heterocycles. The number of carbonyl (C=O) groups excluding carboxylic acids is 2. The summed E-state index contributed by atoms with van der Waals surface area (Å²) in [7, 11) is -2.88. The lowest BCUT2D eigenvalue weighted by Crippen LogP contribution is -2.31. The summed E-state index contributed by atoms with van der Waals surface area (Å²) in [6.07, 6.45) is 0.762. The van der Waals surface area contributed by atoms with Crippen LogP contribution in [0.5, 0.6) is 5.75 Å². The third kappa shape index (κ3) is 6.91. The van der Waals surface area contributed by atoms with Crippen LogP contribution in [-0.4, -0.2) is 32.4 Å². The van der Waals surface area contributed by atoms with Crippen molar-refractivity contribution in [2.24, 2.45) is 5.14 Å². The largest absolute Gasteiger partial charge is 0.469 e. The summed E-state index contributed by atoms with van der Waals surface area (Å²) in [4.78, 5) is 28.0. The molecule has 28 heavy (non-hydrogen) atoms. The molecule has 0 unspecified atom stereocenters. The van der Waals surface area contributed by atoms with Gasteiger partial charge in [0.25, 0.3) is 0 Å². The van der Waals surface area contributed by atoms with Crippen molar-refractivity contribution in [3.05, 3.63) is 45.9 Å². The van der Waals surface area contributed by atoms with E-state index in [1.807, 2.05) is 12.3 Å². The number of nitrogens with two attached hydrogens (primary N) is 1. The van der Waals surface area contributed by atoms with Crippen molar-refractivity contribution in [1.29, 1.82) is 0 Å². The van der Waals surface area contributed by atoms with Gasteiger partial charge in [-0.2, -0.15) is 13.6 Å². The second kappa shape index (κ2) is 9.62. The summed E-state index contributed by atoms with van der Waals surface area (Å²) in [5.74, 6) is -1.02. The molecule has 0 aliphatic carbocycles. The molecule has 2 aromatic rings. The molecule has 2 rings (SSSR count). The third-order valence-electron chi connectivity index (χ3n) is 3.67. The maximum absolute atomic E-state index is 12.1. The topological polar surface area (TPSA) is 138 Å². The molecule has 3 N–H and O–H groups in total. The van der Waals surface area contributed by atoms with Crippen molar-refractivity contribution in [3.63, 3.8) is 0 Å². The molecule has 11 heteroatoms. The quantitative estimate of drug-likeness (QED) is 0.454. The summed E-state index contributed by atoms with van der Waals surface area (Å²) in [6.45, 7) is 1.98. The van der Waals surface area contributed by atoms with E-state index in [1.165, 1.54) is 30.6 Å². The number of carbonyl (C=O) groups is 2. The first kappa shape index (κ1) is 21.8. The minimum Gasteiger partial charge on any atom is -0.469 e. The van der Waals surface area contributed by atoms with E-state index >= 15 is 0 Å². The van der Waals surface area contributed by atoms with Crippen LogP contribution < -0.4 is 14.6 Å². The Bertz CT molecular complexity index is 925. The minimum atomic E-state index is -4.10. The zero-order chi connectivity index (χ0) is 20.7. The number of methoxy groups -OCH3 is 1. The molecule has 0 radical (unpaired) electrons. The van der Waals surface area contributed by atoms with Gasteiger partial charge in [0, 0.05) is 5.38 Å². The predicted molar refractivity (Wildman–Crippen MR) is 103 cm³/mol. The maximum Gasteiger partial charge on any atom is 0.380 e. The van der Waals surface area contributed by atoms with E-state index in [2.05, 4.69) is 19.2 Å². The van der Waals surface area contributed by atoms with Crippen LogP contribution in [0.3, 0.4) is 0 Å². The lowest BCUT2D eigenvalue weighted by molar-refractivity contribution is -0.143. The van der Waals surface area contributed by atoms with E-state index in [0.717, 1.165) is 17.7 Å². The standard InChI is InChI=1S/C17H21N3O6S2/c1-3-12-10-27-17(19-12)14(20-15(21)9-16(22)25-2)8-11-4-6-13(7-5-11)26-28(18,23)24/h4-7,10,14H,3,8-9H2,1-2H3,(H,20,21)(H2,18,23,24)/t14-/m0/s1. The second-order valence-corrected chi connectivity index (χ2v) is 7.87. The number of rotatable bonds is 9. The Morgan fingerprint density at radius 3 is 2.50 bits per heavy atom. The molecule has 0 spiro atoms. The summed E-state index contributed by atoms with van der Waals surface area (Å²) in [6, 6.07) is 5.80. The molecule has 0 saturated heterocycles. The summed E-state index contributed by atoms with van der Waals surface area (Å²) < 4.78 is 31.1. The monoisotopic (exact) mass is 427 g/mol. The van der Waals surface area contributed by atoms with Crippen LogP contribution in [0.2, 0.25) is 0 Å². The highest BCUT2D eigenvalue weighted by molar-refractivity contribution is 7.84. The van der Waals surface area contributed by atoms with Gasteiger partial charge < -0.3 is 14.2 Å². The number of esters is 1. The average Bonchev–Trinajstić information content (AvgIpc) is 3.10. The maximum atomic E-state index is 12.1. The molecule has 1 aromatic carbocycles. The van der Waals surface area contributed by atoms with E-state index in [0.29, 0.717) is 11.4 Å². The molecule has 0 saturated carbocycles. The Balaban J connectivity index is 2.16. The van der Waals surface area contributed by atoms with Crippen molar-refractivity contribution < 1.29 is 26.9 Å². The average molecular weight is 428 g/mol. The molecule has 0 aliphatic rings. The number of aryl methyl sites for hydroxylation is 1. The number of benzene rings is 1.